The van der Waals surface area contributed by atoms with E-state index in [0.29, 0.717) is 0 Å². The Morgan fingerprint density at radius 3 is 2.41 bits per heavy atom. The summed E-state index contributed by atoms with van der Waals surface area (Å²) >= 11 is 1.74. The van der Waals surface area contributed by atoms with Crippen LogP contribution in [0.2, 0.25) is 0 Å². The molecule has 0 amide bonds. The molecule has 1 aromatic heterocycles. The molecule has 0 N–H and O–H groups in total. The summed E-state index contributed by atoms with van der Waals surface area (Å²) in [5, 5.41) is 3.35. The summed E-state index contributed by atoms with van der Waals surface area (Å²) in [6.45, 7) is 2.93. The second-order valence-corrected chi connectivity index (χ2v) is 5.25. The van der Waals surface area contributed by atoms with Gasteiger partial charge in [-0.15, -0.1) is 11.3 Å². The van der Waals surface area contributed by atoms with Crippen molar-refractivity contribution < 1.29 is 0 Å². The smallest absolute Gasteiger partial charge is 0.195 e. The lowest BCUT2D eigenvalue weighted by Gasteiger charge is -2.22. The minimum absolute atomic E-state index is 0.790. The molecule has 1 aromatic rings. The molecule has 0 aliphatic rings. The fourth-order valence-electron chi connectivity index (χ4n) is 1.58. The zero-order valence-electron chi connectivity index (χ0n) is 11.4. The number of nitrogens with zero attached hydrogens (tertiary/aromatic N) is 4. The summed E-state index contributed by atoms with van der Waals surface area (Å²) in [6, 6.07) is 0. The molecular formula is C12H22N4S. The van der Waals surface area contributed by atoms with E-state index < -0.39 is 0 Å². The van der Waals surface area contributed by atoms with Gasteiger partial charge in [-0.2, -0.15) is 0 Å². The quantitative estimate of drug-likeness (QED) is 0.606. The molecule has 5 heteroatoms. The number of hydrogen-bond donors (Lipinski definition) is 0. The van der Waals surface area contributed by atoms with E-state index in [-0.39, 0.29) is 0 Å². The molecule has 0 fully saturated rings. The van der Waals surface area contributed by atoms with E-state index in [1.54, 1.807) is 11.3 Å². The molecule has 96 valence electrons. The molecular weight excluding hydrogens is 232 g/mol. The Kier molecular flexibility index (Phi) is 5.41. The van der Waals surface area contributed by atoms with E-state index in [4.69, 9.17) is 0 Å². The summed E-state index contributed by atoms with van der Waals surface area (Å²) in [4.78, 5) is 13.2. The van der Waals surface area contributed by atoms with E-state index in [2.05, 4.69) is 22.3 Å². The number of hydrogen-bond acceptors (Lipinski definition) is 3. The van der Waals surface area contributed by atoms with Gasteiger partial charge >= 0.3 is 0 Å². The second kappa shape index (κ2) is 6.59. The average Bonchev–Trinajstić information content (AvgIpc) is 2.71. The zero-order chi connectivity index (χ0) is 12.8. The predicted molar refractivity (Wildman–Crippen MR) is 74.9 cm³/mol. The van der Waals surface area contributed by atoms with Gasteiger partial charge in [-0.25, -0.2) is 4.98 Å². The van der Waals surface area contributed by atoms with Crippen molar-refractivity contribution in [3.8, 4) is 0 Å². The van der Waals surface area contributed by atoms with Crippen LogP contribution in [0.4, 0.5) is 0 Å². The summed E-state index contributed by atoms with van der Waals surface area (Å²) < 4.78 is 0. The molecule has 0 saturated heterocycles. The molecule has 0 bridgehead atoms. The SMILES string of the molecule is CCc1nc(CCN=C(N(C)C)N(C)C)cs1. The molecule has 4 nitrogen and oxygen atoms in total. The number of aliphatic imine (C=N–C) groups is 1. The first kappa shape index (κ1) is 14.0. The fourth-order valence-corrected chi connectivity index (χ4v) is 2.36. The van der Waals surface area contributed by atoms with E-state index in [1.165, 1.54) is 5.01 Å². The molecule has 1 rings (SSSR count). The Morgan fingerprint density at radius 2 is 1.94 bits per heavy atom. The lowest BCUT2D eigenvalue weighted by Crippen LogP contribution is -2.35. The third kappa shape index (κ3) is 4.34. The Bertz CT molecular complexity index is 358. The highest BCUT2D eigenvalue weighted by atomic mass is 32.1. The first-order valence-corrected chi connectivity index (χ1v) is 6.75. The van der Waals surface area contributed by atoms with E-state index in [1.807, 2.05) is 38.0 Å². The lowest BCUT2D eigenvalue weighted by atomic mass is 10.3. The van der Waals surface area contributed by atoms with E-state index >= 15 is 0 Å². The molecule has 1 heterocycles. The van der Waals surface area contributed by atoms with Crippen LogP contribution in [-0.2, 0) is 12.8 Å². The van der Waals surface area contributed by atoms with Crippen LogP contribution in [-0.4, -0.2) is 55.5 Å². The highest BCUT2D eigenvalue weighted by molar-refractivity contribution is 7.09. The first-order chi connectivity index (χ1) is 8.04. The van der Waals surface area contributed by atoms with Gasteiger partial charge < -0.3 is 9.80 Å². The first-order valence-electron chi connectivity index (χ1n) is 5.87. The number of guanidine groups is 1. The normalized spacial score (nSPS) is 10.2. The molecule has 0 atom stereocenters. The number of rotatable bonds is 4. The summed E-state index contributed by atoms with van der Waals surface area (Å²) in [5.41, 5.74) is 1.16. The lowest BCUT2D eigenvalue weighted by molar-refractivity contribution is 0.479. The third-order valence-corrected chi connectivity index (χ3v) is 3.36. The molecule has 0 aliphatic carbocycles. The fraction of sp³-hybridized carbons (Fsp3) is 0.667. The standard InChI is InChI=1S/C12H22N4S/c1-6-11-14-10(9-17-11)7-8-13-12(15(2)3)16(4)5/h9H,6-8H2,1-5H3. The number of thiazole rings is 1. The van der Waals surface area contributed by atoms with Gasteiger partial charge in [0, 0.05) is 46.5 Å². The maximum atomic E-state index is 4.59. The van der Waals surface area contributed by atoms with Crippen molar-refractivity contribution in [1.82, 2.24) is 14.8 Å². The van der Waals surface area contributed by atoms with E-state index in [0.717, 1.165) is 31.0 Å². The number of aryl methyl sites for hydroxylation is 1. The Labute approximate surface area is 108 Å². The monoisotopic (exact) mass is 254 g/mol. The van der Waals surface area contributed by atoms with Crippen LogP contribution in [0.25, 0.3) is 0 Å². The van der Waals surface area contributed by atoms with Gasteiger partial charge in [0.25, 0.3) is 0 Å². The molecule has 0 aliphatic heterocycles. The van der Waals surface area contributed by atoms with Gasteiger partial charge in [-0.05, 0) is 6.42 Å². The Morgan fingerprint density at radius 1 is 1.29 bits per heavy atom. The number of aromatic nitrogens is 1. The van der Waals surface area contributed by atoms with Crippen LogP contribution in [0.3, 0.4) is 0 Å². The maximum absolute atomic E-state index is 4.59. The third-order valence-electron chi connectivity index (χ3n) is 2.32. The van der Waals surface area contributed by atoms with Crippen molar-refractivity contribution in [1.29, 1.82) is 0 Å². The van der Waals surface area contributed by atoms with Gasteiger partial charge in [0.1, 0.15) is 0 Å². The van der Waals surface area contributed by atoms with Crippen molar-refractivity contribution >= 4 is 17.3 Å². The largest absolute Gasteiger partial charge is 0.349 e. The zero-order valence-corrected chi connectivity index (χ0v) is 12.2. The van der Waals surface area contributed by atoms with Gasteiger partial charge in [0.15, 0.2) is 5.96 Å². The molecule has 0 unspecified atom stereocenters. The minimum atomic E-state index is 0.790. The van der Waals surface area contributed by atoms with Crippen LogP contribution in [0.5, 0.6) is 0 Å². The summed E-state index contributed by atoms with van der Waals surface area (Å²) in [7, 11) is 8.04. The van der Waals surface area contributed by atoms with Crippen LogP contribution in [0, 0.1) is 0 Å². The van der Waals surface area contributed by atoms with Crippen LogP contribution in [0.1, 0.15) is 17.6 Å². The van der Waals surface area contributed by atoms with Crippen molar-refractivity contribution in [3.05, 3.63) is 16.1 Å². The van der Waals surface area contributed by atoms with Crippen LogP contribution >= 0.6 is 11.3 Å². The molecule has 0 aromatic carbocycles. The molecule has 0 radical (unpaired) electrons. The Hall–Kier alpha value is -1.10. The Balaban J connectivity index is 2.52. The van der Waals surface area contributed by atoms with E-state index in [9.17, 15) is 0 Å². The van der Waals surface area contributed by atoms with Crippen molar-refractivity contribution in [3.63, 3.8) is 0 Å². The van der Waals surface area contributed by atoms with Gasteiger partial charge in [-0.3, -0.25) is 4.99 Å². The van der Waals surface area contributed by atoms with Crippen molar-refractivity contribution in [2.75, 3.05) is 34.7 Å². The molecule has 0 saturated carbocycles. The highest BCUT2D eigenvalue weighted by Gasteiger charge is 2.04. The molecule has 0 spiro atoms. The van der Waals surface area contributed by atoms with Gasteiger partial charge in [0.2, 0.25) is 0 Å². The highest BCUT2D eigenvalue weighted by Crippen LogP contribution is 2.10. The summed E-state index contributed by atoms with van der Waals surface area (Å²) in [6.07, 6.45) is 1.94. The minimum Gasteiger partial charge on any atom is -0.349 e. The van der Waals surface area contributed by atoms with Crippen molar-refractivity contribution in [2.24, 2.45) is 4.99 Å². The average molecular weight is 254 g/mol. The molecule has 17 heavy (non-hydrogen) atoms. The van der Waals surface area contributed by atoms with Crippen LogP contribution < -0.4 is 0 Å². The summed E-state index contributed by atoms with van der Waals surface area (Å²) in [5.74, 6) is 0.996. The van der Waals surface area contributed by atoms with Crippen molar-refractivity contribution in [2.45, 2.75) is 19.8 Å². The van der Waals surface area contributed by atoms with Crippen LogP contribution in [0.15, 0.2) is 10.4 Å². The van der Waals surface area contributed by atoms with Gasteiger partial charge in [0.05, 0.1) is 10.7 Å². The topological polar surface area (TPSA) is 31.7 Å². The predicted octanol–water partition coefficient (Wildman–Crippen LogP) is 1.73. The maximum Gasteiger partial charge on any atom is 0.195 e. The van der Waals surface area contributed by atoms with Gasteiger partial charge in [-0.1, -0.05) is 6.92 Å². The second-order valence-electron chi connectivity index (χ2n) is 4.31.